The number of benzene rings is 2. The fourth-order valence-corrected chi connectivity index (χ4v) is 6.39. The molecule has 4 rings (SSSR count). The molecule has 0 aliphatic heterocycles. The number of aryl methyl sites for hydroxylation is 2. The number of hydrogen-bond donors (Lipinski definition) is 2. The third-order valence-electron chi connectivity index (χ3n) is 6.05. The zero-order valence-electron chi connectivity index (χ0n) is 24.2. The summed E-state index contributed by atoms with van der Waals surface area (Å²) in [6.07, 6.45) is 1.75. The van der Waals surface area contributed by atoms with Crippen molar-refractivity contribution in [2.75, 3.05) is 28.7 Å². The number of hydrogen-bond acceptors (Lipinski definition) is 11. The first-order chi connectivity index (χ1) is 20.7. The van der Waals surface area contributed by atoms with E-state index in [-0.39, 0.29) is 24.4 Å². The molecule has 0 saturated heterocycles. The zero-order chi connectivity index (χ0) is 30.7. The largest absolute Gasteiger partial charge is 0.464 e. The molecule has 0 fully saturated rings. The van der Waals surface area contributed by atoms with E-state index in [0.717, 1.165) is 39.1 Å². The minimum absolute atomic E-state index is 0.0651. The van der Waals surface area contributed by atoms with Gasteiger partial charge >= 0.3 is 5.97 Å². The quantitative estimate of drug-likeness (QED) is 0.137. The van der Waals surface area contributed by atoms with Gasteiger partial charge in [0.2, 0.25) is 22.1 Å². The molecule has 2 amide bonds. The van der Waals surface area contributed by atoms with E-state index in [4.69, 9.17) is 4.74 Å². The predicted octanol–water partition coefficient (Wildman–Crippen LogP) is 5.40. The van der Waals surface area contributed by atoms with Crippen molar-refractivity contribution in [3.63, 3.8) is 0 Å². The van der Waals surface area contributed by atoms with Crippen LogP contribution < -0.4 is 10.6 Å². The van der Waals surface area contributed by atoms with Gasteiger partial charge in [0, 0.05) is 12.8 Å². The number of anilines is 2. The molecule has 1 unspecified atom stereocenters. The second-order valence-corrected chi connectivity index (χ2v) is 14.0. The molecule has 0 aliphatic rings. The molecule has 2 N–H and O–H groups in total. The third-order valence-corrected chi connectivity index (χ3v) is 8.83. The van der Waals surface area contributed by atoms with E-state index in [2.05, 4.69) is 31.0 Å². The van der Waals surface area contributed by atoms with Gasteiger partial charge in [-0.25, -0.2) is 0 Å². The summed E-state index contributed by atoms with van der Waals surface area (Å²) < 4.78 is 5.47. The lowest BCUT2D eigenvalue weighted by molar-refractivity contribution is -0.153. The predicted molar refractivity (Wildman–Crippen MR) is 172 cm³/mol. The number of nitrogens with one attached hydrogen (secondary N) is 2. The average molecular weight is 639 g/mol. The van der Waals surface area contributed by atoms with Crippen LogP contribution in [0.15, 0.2) is 60.7 Å². The minimum atomic E-state index is -0.673. The molecule has 13 heteroatoms. The van der Waals surface area contributed by atoms with Crippen molar-refractivity contribution in [2.24, 2.45) is 5.41 Å². The molecule has 0 bridgehead atoms. The van der Waals surface area contributed by atoms with Crippen LogP contribution in [0, 0.1) is 5.41 Å². The number of ether oxygens (including phenoxy) is 1. The molecule has 226 valence electrons. The fourth-order valence-electron chi connectivity index (χ4n) is 3.75. The highest BCUT2D eigenvalue weighted by Gasteiger charge is 2.28. The van der Waals surface area contributed by atoms with Gasteiger partial charge in [-0.2, -0.15) is 11.8 Å². The summed E-state index contributed by atoms with van der Waals surface area (Å²) in [7, 11) is 0. The molecule has 4 aromatic rings. The molecule has 2 aromatic heterocycles. The molecule has 1 atom stereocenters. The number of carbonyl (C=O) groups is 3. The topological polar surface area (TPSA) is 136 Å². The van der Waals surface area contributed by atoms with E-state index in [9.17, 15) is 14.4 Å². The van der Waals surface area contributed by atoms with Crippen molar-refractivity contribution in [2.45, 2.75) is 46.0 Å². The van der Waals surface area contributed by atoms with Crippen molar-refractivity contribution < 1.29 is 19.1 Å². The molecular weight excluding hydrogens is 605 g/mol. The number of rotatable bonds is 14. The maximum atomic E-state index is 13.2. The Morgan fingerprint density at radius 2 is 1.37 bits per heavy atom. The SMILES string of the molecule is CC(C)(C)C(=O)OCC(C(=O)Nc1nnc(CCSCCc2nnc(NC(=O)Cc3ccccc3)s2)s1)c1ccccc1. The van der Waals surface area contributed by atoms with Crippen LogP contribution in [0.2, 0.25) is 0 Å². The van der Waals surface area contributed by atoms with Crippen LogP contribution >= 0.6 is 34.4 Å². The van der Waals surface area contributed by atoms with Crippen molar-refractivity contribution in [1.82, 2.24) is 20.4 Å². The highest BCUT2D eigenvalue weighted by molar-refractivity contribution is 7.99. The van der Waals surface area contributed by atoms with Crippen molar-refractivity contribution in [3.8, 4) is 0 Å². The van der Waals surface area contributed by atoms with Gasteiger partial charge < -0.3 is 10.1 Å². The van der Waals surface area contributed by atoms with Crippen LogP contribution in [-0.4, -0.2) is 56.3 Å². The molecule has 10 nitrogen and oxygen atoms in total. The molecule has 0 saturated carbocycles. The Bertz CT molecular complexity index is 1490. The summed E-state index contributed by atoms with van der Waals surface area (Å²) in [5.41, 5.74) is 1.03. The minimum Gasteiger partial charge on any atom is -0.464 e. The Morgan fingerprint density at radius 3 is 1.95 bits per heavy atom. The molecule has 0 radical (unpaired) electrons. The normalized spacial score (nSPS) is 12.0. The second-order valence-electron chi connectivity index (χ2n) is 10.6. The van der Waals surface area contributed by atoms with E-state index in [1.807, 2.05) is 60.7 Å². The van der Waals surface area contributed by atoms with Gasteiger partial charge in [-0.3, -0.25) is 19.7 Å². The Kier molecular flexibility index (Phi) is 11.8. The van der Waals surface area contributed by atoms with Crippen LogP contribution in [0.1, 0.15) is 47.8 Å². The summed E-state index contributed by atoms with van der Waals surface area (Å²) in [6.45, 7) is 5.26. The second kappa shape index (κ2) is 15.7. The number of carbonyl (C=O) groups excluding carboxylic acids is 3. The van der Waals surface area contributed by atoms with E-state index >= 15 is 0 Å². The van der Waals surface area contributed by atoms with Crippen molar-refractivity contribution in [1.29, 1.82) is 0 Å². The molecule has 2 aromatic carbocycles. The summed E-state index contributed by atoms with van der Waals surface area (Å²) >= 11 is 4.48. The van der Waals surface area contributed by atoms with Gasteiger partial charge in [-0.05, 0) is 43.4 Å². The summed E-state index contributed by atoms with van der Waals surface area (Å²) in [6, 6.07) is 18.8. The number of aromatic nitrogens is 4. The first-order valence-electron chi connectivity index (χ1n) is 13.8. The van der Waals surface area contributed by atoms with Crippen LogP contribution in [-0.2, 0) is 38.4 Å². The van der Waals surface area contributed by atoms with Crippen LogP contribution in [0.3, 0.4) is 0 Å². The van der Waals surface area contributed by atoms with Gasteiger partial charge in [0.25, 0.3) is 0 Å². The van der Waals surface area contributed by atoms with Crippen LogP contribution in [0.4, 0.5) is 10.3 Å². The van der Waals surface area contributed by atoms with Crippen molar-refractivity contribution >= 4 is 62.5 Å². The van der Waals surface area contributed by atoms with E-state index < -0.39 is 11.3 Å². The van der Waals surface area contributed by atoms with Gasteiger partial charge in [0.1, 0.15) is 16.6 Å². The van der Waals surface area contributed by atoms with E-state index in [1.165, 1.54) is 22.7 Å². The Balaban J connectivity index is 1.19. The summed E-state index contributed by atoms with van der Waals surface area (Å²) in [5.74, 6) is 0.217. The molecule has 43 heavy (non-hydrogen) atoms. The van der Waals surface area contributed by atoms with Gasteiger partial charge in [-0.1, -0.05) is 83.3 Å². The van der Waals surface area contributed by atoms with Gasteiger partial charge in [0.15, 0.2) is 0 Å². The first kappa shape index (κ1) is 32.2. The monoisotopic (exact) mass is 638 g/mol. The lowest BCUT2D eigenvalue weighted by atomic mass is 9.96. The maximum absolute atomic E-state index is 13.2. The smallest absolute Gasteiger partial charge is 0.311 e. The third kappa shape index (κ3) is 10.5. The lowest BCUT2D eigenvalue weighted by Gasteiger charge is -2.20. The number of esters is 1. The van der Waals surface area contributed by atoms with Gasteiger partial charge in [0.05, 0.1) is 17.8 Å². The van der Waals surface area contributed by atoms with E-state index in [1.54, 1.807) is 32.5 Å². The Labute approximate surface area is 263 Å². The molecule has 2 heterocycles. The number of nitrogens with zero attached hydrogens (tertiary/aromatic N) is 4. The van der Waals surface area contributed by atoms with Crippen molar-refractivity contribution in [3.05, 3.63) is 81.8 Å². The molecule has 0 aliphatic carbocycles. The summed E-state index contributed by atoms with van der Waals surface area (Å²) in [5, 5.41) is 24.9. The fraction of sp³-hybridized carbons (Fsp3) is 0.367. The van der Waals surface area contributed by atoms with Gasteiger partial charge in [-0.15, -0.1) is 20.4 Å². The lowest BCUT2D eigenvalue weighted by Crippen LogP contribution is -2.30. The number of amides is 2. The Hall–Kier alpha value is -3.68. The zero-order valence-corrected chi connectivity index (χ0v) is 26.7. The standard InChI is InChI=1S/C30H34N6O4S3/c1-30(2,3)27(39)40-19-22(21-12-8-5-9-13-21)26(38)32-29-36-34-25(43-29)15-17-41-16-14-24-33-35-28(42-24)31-23(37)18-20-10-6-4-7-11-20/h4-13,22H,14-19H2,1-3H3,(H,31,35,37)(H,32,36,38). The maximum Gasteiger partial charge on any atom is 0.311 e. The highest BCUT2D eigenvalue weighted by Crippen LogP contribution is 2.24. The molecule has 0 spiro atoms. The Morgan fingerprint density at radius 1 is 0.814 bits per heavy atom. The first-order valence-corrected chi connectivity index (χ1v) is 16.6. The van der Waals surface area contributed by atoms with Crippen LogP contribution in [0.25, 0.3) is 0 Å². The van der Waals surface area contributed by atoms with E-state index in [0.29, 0.717) is 23.1 Å². The van der Waals surface area contributed by atoms with Crippen LogP contribution in [0.5, 0.6) is 0 Å². The average Bonchev–Trinajstić information content (AvgIpc) is 3.62. The highest BCUT2D eigenvalue weighted by atomic mass is 32.2. The molecular formula is C30H34N6O4S3. The number of thioether (sulfide) groups is 1. The summed E-state index contributed by atoms with van der Waals surface area (Å²) in [4.78, 5) is 37.7.